The summed E-state index contributed by atoms with van der Waals surface area (Å²) in [6.45, 7) is 11.4. The fraction of sp³-hybridized carbons (Fsp3) is 0.364. The molecule has 2 aliphatic heterocycles. The molecule has 0 radical (unpaired) electrons. The van der Waals surface area contributed by atoms with Crippen LogP contribution >= 0.6 is 27.0 Å². The predicted octanol–water partition coefficient (Wildman–Crippen LogP) is 4.95. The largest absolute Gasteiger partial charge is 0.473 e. The van der Waals surface area contributed by atoms with Crippen molar-refractivity contribution in [3.63, 3.8) is 0 Å². The van der Waals surface area contributed by atoms with Crippen LogP contribution in [0, 0.1) is 0 Å². The molecule has 21 heteroatoms. The summed E-state index contributed by atoms with van der Waals surface area (Å²) in [5, 5.41) is 10.2. The number of aliphatic hydroxyl groups is 1. The number of ether oxygens (including phenoxy) is 4. The van der Waals surface area contributed by atoms with Crippen LogP contribution in [0.25, 0.3) is 50.2 Å². The Morgan fingerprint density at radius 1 is 0.708 bits per heavy atom. The highest BCUT2D eigenvalue weighted by molar-refractivity contribution is 7.88. The lowest BCUT2D eigenvalue weighted by Gasteiger charge is -2.30. The maximum Gasteiger partial charge on any atom is 0.242 e. The first-order chi connectivity index (χ1) is 29.9. The lowest BCUT2D eigenvalue weighted by atomic mass is 9.96. The van der Waals surface area contributed by atoms with E-state index >= 15 is 0 Å². The third kappa shape index (κ3) is 13.2. The van der Waals surface area contributed by atoms with Crippen molar-refractivity contribution >= 4 is 74.7 Å². The Morgan fingerprint density at radius 3 is 1.49 bits per heavy atom. The molecule has 6 aromatic rings. The summed E-state index contributed by atoms with van der Waals surface area (Å²) in [4.78, 5) is 26.8. The van der Waals surface area contributed by atoms with Gasteiger partial charge in [-0.05, 0) is 44.0 Å². The summed E-state index contributed by atoms with van der Waals surface area (Å²) >= 11 is 0. The lowest BCUT2D eigenvalue weighted by molar-refractivity contribution is -0.0252. The van der Waals surface area contributed by atoms with Crippen LogP contribution in [-0.2, 0) is 35.1 Å². The van der Waals surface area contributed by atoms with Gasteiger partial charge in [0.2, 0.25) is 31.8 Å². The lowest BCUT2D eigenvalue weighted by Crippen LogP contribution is -2.47. The zero-order chi connectivity index (χ0) is 44.9. The summed E-state index contributed by atoms with van der Waals surface area (Å²) in [6.07, 6.45) is 7.95. The van der Waals surface area contributed by atoms with Gasteiger partial charge in [-0.1, -0.05) is 60.7 Å². The maximum atomic E-state index is 11.9. The fourth-order valence-corrected chi connectivity index (χ4v) is 8.58. The molecule has 1 N–H and O–H groups in total. The number of benzene rings is 2. The average Bonchev–Trinajstić information content (AvgIpc) is 3.27. The molecule has 8 rings (SSSR count). The van der Waals surface area contributed by atoms with Gasteiger partial charge in [0.15, 0.2) is 11.0 Å². The van der Waals surface area contributed by atoms with Crippen molar-refractivity contribution < 1.29 is 40.9 Å². The first-order valence-electron chi connectivity index (χ1n) is 20.1. The highest BCUT2D eigenvalue weighted by Gasteiger charge is 2.29. The predicted molar refractivity (Wildman–Crippen MR) is 260 cm³/mol. The van der Waals surface area contributed by atoms with Gasteiger partial charge in [0.25, 0.3) is 0 Å². The van der Waals surface area contributed by atoms with Crippen LogP contribution in [0.4, 0.5) is 0 Å². The van der Waals surface area contributed by atoms with E-state index in [4.69, 9.17) is 18.9 Å². The van der Waals surface area contributed by atoms with Crippen molar-refractivity contribution in [3.05, 3.63) is 103 Å². The van der Waals surface area contributed by atoms with Crippen LogP contribution in [-0.4, -0.2) is 138 Å². The number of pyridine rings is 2. The topological polar surface area (TPSA) is 209 Å². The molecule has 17 nitrogen and oxygen atoms in total. The van der Waals surface area contributed by atoms with Gasteiger partial charge >= 0.3 is 0 Å². The summed E-state index contributed by atoms with van der Waals surface area (Å²) in [6, 6.07) is 19.1. The number of fused-ring (bicyclic) bond motifs is 2. The van der Waals surface area contributed by atoms with E-state index in [2.05, 4.69) is 36.5 Å². The molecule has 65 heavy (non-hydrogen) atoms. The Balaban J connectivity index is 0.000000237. The van der Waals surface area contributed by atoms with Gasteiger partial charge in [-0.2, -0.15) is 35.6 Å². The molecule has 0 spiro atoms. The molecule has 6 heterocycles. The number of allylic oxidation sites excluding steroid dienone is 1. The molecule has 4 aromatic heterocycles. The van der Waals surface area contributed by atoms with Crippen molar-refractivity contribution in [1.82, 2.24) is 38.5 Å². The number of aromatic nitrogens is 6. The third-order valence-corrected chi connectivity index (χ3v) is 12.9. The van der Waals surface area contributed by atoms with Gasteiger partial charge < -0.3 is 24.1 Å². The summed E-state index contributed by atoms with van der Waals surface area (Å²) < 4.78 is 73.5. The number of sulfonamides is 2. The van der Waals surface area contributed by atoms with Crippen LogP contribution in [0.15, 0.2) is 92.0 Å². The molecule has 0 saturated carbocycles. The van der Waals surface area contributed by atoms with Crippen molar-refractivity contribution in [1.29, 1.82) is 0 Å². The molecule has 348 valence electrons. The summed E-state index contributed by atoms with van der Waals surface area (Å²) in [5.74, 6) is 0.641. The minimum atomic E-state index is -3.29. The van der Waals surface area contributed by atoms with Crippen LogP contribution in [0.1, 0.15) is 31.9 Å². The molecule has 0 unspecified atom stereocenters. The van der Waals surface area contributed by atoms with E-state index in [1.54, 1.807) is 38.6 Å². The zero-order valence-corrected chi connectivity index (χ0v) is 40.3. The number of hydrogen-bond donors (Lipinski definition) is 1. The average molecular weight is 967 g/mol. The van der Waals surface area contributed by atoms with Gasteiger partial charge in [0.1, 0.15) is 25.4 Å². The monoisotopic (exact) mass is 966 g/mol. The molecule has 2 atom stereocenters. The van der Waals surface area contributed by atoms with Crippen molar-refractivity contribution in [2.24, 2.45) is 0 Å². The Labute approximate surface area is 393 Å². The first kappa shape index (κ1) is 51.1. The molecule has 2 aromatic carbocycles. The van der Waals surface area contributed by atoms with E-state index in [9.17, 15) is 21.9 Å². The van der Waals surface area contributed by atoms with Gasteiger partial charge in [-0.25, -0.2) is 36.8 Å². The Bertz CT molecular complexity index is 2820. The second-order valence-electron chi connectivity index (χ2n) is 15.8. The quantitative estimate of drug-likeness (QED) is 0.172. The van der Waals surface area contributed by atoms with Crippen molar-refractivity contribution in [2.75, 3.05) is 65.1 Å². The zero-order valence-electron chi connectivity index (χ0n) is 36.7. The van der Waals surface area contributed by atoms with E-state index in [-0.39, 0.29) is 53.3 Å². The van der Waals surface area contributed by atoms with E-state index in [0.717, 1.165) is 27.8 Å². The van der Waals surface area contributed by atoms with Crippen LogP contribution in [0.3, 0.4) is 0 Å². The van der Waals surface area contributed by atoms with E-state index in [1.165, 1.54) is 21.1 Å². The molecular weight excluding hydrogens is 913 g/mol. The van der Waals surface area contributed by atoms with Crippen molar-refractivity contribution in [3.8, 4) is 34.3 Å². The van der Waals surface area contributed by atoms with Crippen LogP contribution < -0.4 is 9.47 Å². The number of morpholine rings is 2. The SMILES string of the molecule is C=C(C)c1ccc(-c2cc3nccnc3c(OC[C@@H]3CN(S(C)(=O)=O)CCO3)n2)cc1.CC(C)(O)c1ccc(-c2cc3nccnc3c(OC[C@@H]3CN(S(C)(=O)=O)CCO3)n2)cc1.S.S. The third-order valence-electron chi connectivity index (χ3n) is 10.4. The minimum absolute atomic E-state index is 0. The highest BCUT2D eigenvalue weighted by atomic mass is 32.2. The van der Waals surface area contributed by atoms with Gasteiger partial charge in [0.05, 0.1) is 53.7 Å². The van der Waals surface area contributed by atoms with Crippen molar-refractivity contribution in [2.45, 2.75) is 38.6 Å². The number of rotatable bonds is 12. The summed E-state index contributed by atoms with van der Waals surface area (Å²) in [5.41, 5.74) is 7.37. The molecule has 2 fully saturated rings. The van der Waals surface area contributed by atoms with E-state index < -0.39 is 37.9 Å². The molecular formula is C44H54N8O9S4. The molecule has 0 bridgehead atoms. The van der Waals surface area contributed by atoms with Gasteiger partial charge in [-0.15, -0.1) is 0 Å². The first-order valence-corrected chi connectivity index (χ1v) is 23.8. The second-order valence-corrected chi connectivity index (χ2v) is 19.8. The van der Waals surface area contributed by atoms with E-state index in [1.807, 2.05) is 67.6 Å². The number of hydrogen-bond acceptors (Lipinski definition) is 15. The smallest absolute Gasteiger partial charge is 0.242 e. The highest BCUT2D eigenvalue weighted by Crippen LogP contribution is 2.30. The van der Waals surface area contributed by atoms with Crippen LogP contribution in [0.2, 0.25) is 0 Å². The minimum Gasteiger partial charge on any atom is -0.473 e. The molecule has 0 amide bonds. The van der Waals surface area contributed by atoms with E-state index in [0.29, 0.717) is 71.5 Å². The molecule has 2 aliphatic rings. The van der Waals surface area contributed by atoms with Gasteiger partial charge in [0, 0.05) is 62.1 Å². The van der Waals surface area contributed by atoms with Gasteiger partial charge in [-0.3, -0.25) is 9.97 Å². The summed E-state index contributed by atoms with van der Waals surface area (Å²) in [7, 11) is -6.57. The molecule has 0 aliphatic carbocycles. The second kappa shape index (κ2) is 21.6. The Morgan fingerprint density at radius 2 is 1.11 bits per heavy atom. The number of nitrogens with zero attached hydrogens (tertiary/aromatic N) is 8. The normalized spacial score (nSPS) is 17.3. The Hall–Kier alpha value is -4.84. The standard InChI is InChI=1S/C22H26N4O5S.C22H24N4O4S.2H2S/c1-22(2,27)16-6-4-15(5-7-16)18-12-19-20(24-9-8-23-19)21(25-18)31-14-17-13-26(10-11-30-17)32(3,28)29;1-15(2)16-4-6-17(7-5-16)19-12-20-21(24-9-8-23-20)22(25-19)30-14-18-13-26(10-11-29-18)31(3,27)28;;/h4-9,12,17,27H,10-11,13-14H2,1-3H3;4-9,12,18H,1,10-11,13-14H2,2-3H3;2*1H2/t17-;18-;;/m00../s1. The Kier molecular flexibility index (Phi) is 17.0. The fourth-order valence-electron chi connectivity index (χ4n) is 6.89. The maximum absolute atomic E-state index is 11.9. The molecule has 2 saturated heterocycles. The van der Waals surface area contributed by atoms with Crippen LogP contribution in [0.5, 0.6) is 11.8 Å².